The van der Waals surface area contributed by atoms with Gasteiger partial charge in [0.15, 0.2) is 5.11 Å². The normalized spacial score (nSPS) is 9.83. The Morgan fingerprint density at radius 1 is 1.04 bits per heavy atom. The number of aryl methyl sites for hydroxylation is 1. The molecule has 0 radical (unpaired) electrons. The Kier molecular flexibility index (Phi) is 5.43. The van der Waals surface area contributed by atoms with Gasteiger partial charge in [-0.25, -0.2) is 4.79 Å². The summed E-state index contributed by atoms with van der Waals surface area (Å²) >= 11 is 5.12. The van der Waals surface area contributed by atoms with Crippen molar-refractivity contribution >= 4 is 34.9 Å². The molecule has 0 bridgehead atoms. The van der Waals surface area contributed by atoms with Gasteiger partial charge in [-0.1, -0.05) is 12.1 Å². The largest absolute Gasteiger partial charge is 0.465 e. The molecule has 0 heterocycles. The molecule has 5 nitrogen and oxygen atoms in total. The highest BCUT2D eigenvalue weighted by Gasteiger charge is 2.10. The third-order valence-corrected chi connectivity index (χ3v) is 3.28. The first-order valence-corrected chi connectivity index (χ1v) is 7.28. The minimum absolute atomic E-state index is 0.206. The molecule has 0 atom stereocenters. The van der Waals surface area contributed by atoms with Crippen molar-refractivity contribution in [1.82, 2.24) is 5.32 Å². The standard InChI is InChI=1S/C17H16N2O3S/c1-11-4-3-5-14(10-11)18-17(23)19-15(20)12-6-8-13(9-7-12)16(21)22-2/h3-10H,1-2H3,(H2,18,19,20,23). The molecule has 2 aromatic carbocycles. The Labute approximate surface area is 139 Å². The number of rotatable bonds is 3. The van der Waals surface area contributed by atoms with Gasteiger partial charge in [-0.15, -0.1) is 0 Å². The van der Waals surface area contributed by atoms with Crippen molar-refractivity contribution in [1.29, 1.82) is 0 Å². The summed E-state index contributed by atoms with van der Waals surface area (Å²) in [6.07, 6.45) is 0. The summed E-state index contributed by atoms with van der Waals surface area (Å²) in [5, 5.41) is 5.75. The van der Waals surface area contributed by atoms with E-state index in [0.29, 0.717) is 11.1 Å². The molecule has 2 N–H and O–H groups in total. The fraction of sp³-hybridized carbons (Fsp3) is 0.118. The SMILES string of the molecule is COC(=O)c1ccc(C(=O)NC(=S)Nc2cccc(C)c2)cc1. The number of carbonyl (C=O) groups is 2. The van der Waals surface area contributed by atoms with Crippen molar-refractivity contribution in [3.63, 3.8) is 0 Å². The lowest BCUT2D eigenvalue weighted by Gasteiger charge is -2.10. The summed E-state index contributed by atoms with van der Waals surface area (Å²) < 4.78 is 4.61. The molecule has 0 fully saturated rings. The highest BCUT2D eigenvalue weighted by atomic mass is 32.1. The highest BCUT2D eigenvalue weighted by molar-refractivity contribution is 7.80. The molecule has 0 aliphatic heterocycles. The van der Waals surface area contributed by atoms with E-state index in [1.807, 2.05) is 31.2 Å². The number of hydrogen-bond acceptors (Lipinski definition) is 4. The summed E-state index contributed by atoms with van der Waals surface area (Å²) in [4.78, 5) is 23.5. The number of thiocarbonyl (C=S) groups is 1. The summed E-state index contributed by atoms with van der Waals surface area (Å²) in [7, 11) is 1.30. The molecule has 2 rings (SSSR count). The number of nitrogens with one attached hydrogen (secondary N) is 2. The third kappa shape index (κ3) is 4.62. The van der Waals surface area contributed by atoms with Crippen LogP contribution < -0.4 is 10.6 Å². The first-order valence-electron chi connectivity index (χ1n) is 6.87. The molecule has 0 saturated heterocycles. The molecule has 118 valence electrons. The van der Waals surface area contributed by atoms with Gasteiger partial charge in [0, 0.05) is 11.3 Å². The summed E-state index contributed by atoms with van der Waals surface area (Å²) in [6.45, 7) is 1.97. The number of carbonyl (C=O) groups excluding carboxylic acids is 2. The third-order valence-electron chi connectivity index (χ3n) is 3.07. The second-order valence-corrected chi connectivity index (χ2v) is 5.25. The fourth-order valence-corrected chi connectivity index (χ4v) is 2.15. The maximum absolute atomic E-state index is 12.1. The topological polar surface area (TPSA) is 67.4 Å². The van der Waals surface area contributed by atoms with E-state index in [1.165, 1.54) is 31.4 Å². The van der Waals surface area contributed by atoms with Gasteiger partial charge in [0.2, 0.25) is 0 Å². The van der Waals surface area contributed by atoms with E-state index < -0.39 is 5.97 Å². The van der Waals surface area contributed by atoms with Gasteiger partial charge in [0.05, 0.1) is 12.7 Å². The van der Waals surface area contributed by atoms with Crippen LogP contribution in [0.5, 0.6) is 0 Å². The molecule has 0 aliphatic rings. The predicted molar refractivity (Wildman–Crippen MR) is 92.6 cm³/mol. The van der Waals surface area contributed by atoms with Gasteiger partial charge in [0.25, 0.3) is 5.91 Å². The smallest absolute Gasteiger partial charge is 0.337 e. The minimum Gasteiger partial charge on any atom is -0.465 e. The molecule has 0 unspecified atom stereocenters. The van der Waals surface area contributed by atoms with Gasteiger partial charge >= 0.3 is 5.97 Å². The fourth-order valence-electron chi connectivity index (χ4n) is 1.94. The molecule has 23 heavy (non-hydrogen) atoms. The molecule has 1 amide bonds. The highest BCUT2D eigenvalue weighted by Crippen LogP contribution is 2.10. The van der Waals surface area contributed by atoms with E-state index in [1.54, 1.807) is 0 Å². The average Bonchev–Trinajstić information content (AvgIpc) is 2.54. The lowest BCUT2D eigenvalue weighted by Crippen LogP contribution is -2.34. The van der Waals surface area contributed by atoms with E-state index in [-0.39, 0.29) is 11.0 Å². The Morgan fingerprint density at radius 3 is 2.30 bits per heavy atom. The van der Waals surface area contributed by atoms with Crippen molar-refractivity contribution < 1.29 is 14.3 Å². The zero-order chi connectivity index (χ0) is 16.8. The summed E-state index contributed by atoms with van der Waals surface area (Å²) in [6, 6.07) is 13.8. The zero-order valence-electron chi connectivity index (χ0n) is 12.8. The van der Waals surface area contributed by atoms with E-state index in [9.17, 15) is 9.59 Å². The van der Waals surface area contributed by atoms with Gasteiger partial charge < -0.3 is 10.1 Å². The quantitative estimate of drug-likeness (QED) is 0.670. The van der Waals surface area contributed by atoms with Gasteiger partial charge in [-0.2, -0.15) is 0 Å². The van der Waals surface area contributed by atoms with Crippen LogP contribution in [-0.4, -0.2) is 24.1 Å². The van der Waals surface area contributed by atoms with Gasteiger partial charge in [-0.3, -0.25) is 10.1 Å². The lowest BCUT2D eigenvalue weighted by atomic mass is 10.1. The minimum atomic E-state index is -0.450. The van der Waals surface area contributed by atoms with Crippen LogP contribution in [0.2, 0.25) is 0 Å². The molecular formula is C17H16N2O3S. The van der Waals surface area contributed by atoms with Crippen molar-refractivity contribution in [3.8, 4) is 0 Å². The molecule has 6 heteroatoms. The van der Waals surface area contributed by atoms with Crippen molar-refractivity contribution in [2.75, 3.05) is 12.4 Å². The number of hydrogen-bond donors (Lipinski definition) is 2. The average molecular weight is 328 g/mol. The van der Waals surface area contributed by atoms with E-state index >= 15 is 0 Å². The van der Waals surface area contributed by atoms with Crippen molar-refractivity contribution in [2.45, 2.75) is 6.92 Å². The van der Waals surface area contributed by atoms with E-state index in [0.717, 1.165) is 11.3 Å². The second kappa shape index (κ2) is 7.51. The van der Waals surface area contributed by atoms with Crippen LogP contribution in [0.3, 0.4) is 0 Å². The van der Waals surface area contributed by atoms with E-state index in [2.05, 4.69) is 15.4 Å². The maximum atomic E-state index is 12.1. The lowest BCUT2D eigenvalue weighted by molar-refractivity contribution is 0.0600. The molecule has 0 spiro atoms. The molecule has 0 saturated carbocycles. The number of methoxy groups -OCH3 is 1. The number of ether oxygens (including phenoxy) is 1. The Balaban J connectivity index is 1.98. The maximum Gasteiger partial charge on any atom is 0.337 e. The Hall–Kier alpha value is -2.73. The van der Waals surface area contributed by atoms with E-state index in [4.69, 9.17) is 12.2 Å². The van der Waals surface area contributed by atoms with Crippen LogP contribution in [-0.2, 0) is 4.74 Å². The monoisotopic (exact) mass is 328 g/mol. The van der Waals surface area contributed by atoms with Crippen LogP contribution in [0.25, 0.3) is 0 Å². The summed E-state index contributed by atoms with van der Waals surface area (Å²) in [5.41, 5.74) is 2.66. The molecular weight excluding hydrogens is 312 g/mol. The van der Waals surface area contributed by atoms with Crippen molar-refractivity contribution in [2.24, 2.45) is 0 Å². The molecule has 0 aromatic heterocycles. The van der Waals surface area contributed by atoms with Crippen molar-refractivity contribution in [3.05, 3.63) is 65.2 Å². The summed E-state index contributed by atoms with van der Waals surface area (Å²) in [5.74, 6) is -0.805. The van der Waals surface area contributed by atoms with Crippen LogP contribution >= 0.6 is 12.2 Å². The first kappa shape index (κ1) is 16.6. The number of amides is 1. The van der Waals surface area contributed by atoms with Crippen LogP contribution in [0.4, 0.5) is 5.69 Å². The number of esters is 1. The first-order chi connectivity index (χ1) is 11.0. The Bertz CT molecular complexity index is 742. The zero-order valence-corrected chi connectivity index (χ0v) is 13.6. The van der Waals surface area contributed by atoms with Crippen LogP contribution in [0, 0.1) is 6.92 Å². The number of benzene rings is 2. The van der Waals surface area contributed by atoms with Crippen LogP contribution in [0.1, 0.15) is 26.3 Å². The predicted octanol–water partition coefficient (Wildman–Crippen LogP) is 2.91. The molecule has 0 aliphatic carbocycles. The van der Waals surface area contributed by atoms with Gasteiger partial charge in [0.1, 0.15) is 0 Å². The molecule has 2 aromatic rings. The second-order valence-electron chi connectivity index (χ2n) is 4.85. The van der Waals surface area contributed by atoms with Gasteiger partial charge in [-0.05, 0) is 61.1 Å². The number of anilines is 1. The van der Waals surface area contributed by atoms with Crippen LogP contribution in [0.15, 0.2) is 48.5 Å². The Morgan fingerprint density at radius 2 is 1.70 bits per heavy atom.